The Morgan fingerprint density at radius 2 is 1.90 bits per heavy atom. The average Bonchev–Trinajstić information content (AvgIpc) is 2.26. The number of carbonyl (C=O) groups is 2. The Morgan fingerprint density at radius 3 is 2.35 bits per heavy atom. The Bertz CT molecular complexity index is 370. The third-order valence-corrected chi connectivity index (χ3v) is 2.69. The molecule has 0 aromatic rings. The molecule has 1 amide bonds. The molecule has 0 aliphatic carbocycles. The first-order chi connectivity index (χ1) is 9.04. The molecule has 0 spiro atoms. The summed E-state index contributed by atoms with van der Waals surface area (Å²) in [5.41, 5.74) is -2.66. The smallest absolute Gasteiger partial charge is 0.410 e. The topological polar surface area (TPSA) is 102 Å². The van der Waals surface area contributed by atoms with Gasteiger partial charge in [-0.05, 0) is 20.8 Å². The van der Waals surface area contributed by atoms with Gasteiger partial charge in [-0.15, -0.1) is 0 Å². The Balaban J connectivity index is 3.97. The molecule has 118 valence electrons. The summed E-state index contributed by atoms with van der Waals surface area (Å²) in [5.74, 6) is -0.530. The van der Waals surface area contributed by atoms with Crippen LogP contribution in [0.3, 0.4) is 0 Å². The summed E-state index contributed by atoms with van der Waals surface area (Å²) >= 11 is -2.58. The minimum absolute atomic E-state index is 0.174. The van der Waals surface area contributed by atoms with Crippen molar-refractivity contribution in [2.45, 2.75) is 45.9 Å². The van der Waals surface area contributed by atoms with E-state index >= 15 is 0 Å². The Hall–Kier alpha value is -1.22. The van der Waals surface area contributed by atoms with Crippen molar-refractivity contribution in [1.82, 2.24) is 5.32 Å². The number of esters is 1. The predicted octanol–water partition coefficient (Wildman–Crippen LogP) is 1.56. The molecule has 0 rings (SSSR count). The Labute approximate surface area is 119 Å². The second kappa shape index (κ2) is 8.15. The molecule has 0 radical (unpaired) electrons. The molecule has 0 bridgehead atoms. The van der Waals surface area contributed by atoms with Gasteiger partial charge in [0.1, 0.15) is 0 Å². The lowest BCUT2D eigenvalue weighted by Crippen LogP contribution is -2.34. The van der Waals surface area contributed by atoms with E-state index in [9.17, 15) is 18.2 Å². The zero-order valence-corrected chi connectivity index (χ0v) is 12.7. The molecule has 0 heterocycles. The molecule has 0 aliphatic rings. The third kappa shape index (κ3) is 8.05. The minimum atomic E-state index is -2.58. The Kier molecular flexibility index (Phi) is 7.66. The SMILES string of the molecule is CC(OC(=O)NCCC(F)S(=O)O)OC(=O)C(C)(C)C. The molecule has 0 fully saturated rings. The van der Waals surface area contributed by atoms with Crippen molar-refractivity contribution in [3.05, 3.63) is 0 Å². The Morgan fingerprint density at radius 1 is 1.35 bits per heavy atom. The van der Waals surface area contributed by atoms with Gasteiger partial charge in [0.15, 0.2) is 11.1 Å². The molecule has 20 heavy (non-hydrogen) atoms. The van der Waals surface area contributed by atoms with Gasteiger partial charge in [0.25, 0.3) is 0 Å². The number of halogens is 1. The summed E-state index contributed by atoms with van der Waals surface area (Å²) in [6, 6.07) is 0. The highest BCUT2D eigenvalue weighted by Gasteiger charge is 2.26. The lowest BCUT2D eigenvalue weighted by molar-refractivity contribution is -0.174. The number of nitrogens with one attached hydrogen (secondary N) is 1. The van der Waals surface area contributed by atoms with E-state index in [2.05, 4.69) is 5.32 Å². The fourth-order valence-electron chi connectivity index (χ4n) is 0.933. The van der Waals surface area contributed by atoms with Crippen LogP contribution in [0.15, 0.2) is 0 Å². The summed E-state index contributed by atoms with van der Waals surface area (Å²) in [5, 5.41) is 2.17. The average molecular weight is 313 g/mol. The number of rotatable bonds is 6. The fourth-order valence-corrected chi connectivity index (χ4v) is 1.25. The van der Waals surface area contributed by atoms with E-state index in [1.54, 1.807) is 20.8 Å². The molecule has 0 aromatic heterocycles. The van der Waals surface area contributed by atoms with Gasteiger partial charge in [-0.2, -0.15) is 0 Å². The molecule has 0 saturated heterocycles. The molecule has 0 aromatic carbocycles. The maximum Gasteiger partial charge on any atom is 0.410 e. The molecule has 3 unspecified atom stereocenters. The van der Waals surface area contributed by atoms with Gasteiger partial charge >= 0.3 is 12.1 Å². The maximum atomic E-state index is 12.7. The van der Waals surface area contributed by atoms with E-state index < -0.39 is 40.4 Å². The van der Waals surface area contributed by atoms with Crippen molar-refractivity contribution in [3.63, 3.8) is 0 Å². The van der Waals surface area contributed by atoms with Crippen LogP contribution in [0.2, 0.25) is 0 Å². The van der Waals surface area contributed by atoms with Crippen LogP contribution >= 0.6 is 0 Å². The molecule has 2 N–H and O–H groups in total. The van der Waals surface area contributed by atoms with E-state index in [0.29, 0.717) is 0 Å². The molecule has 9 heteroatoms. The van der Waals surface area contributed by atoms with Crippen LogP contribution in [-0.4, -0.2) is 39.2 Å². The number of hydrogen-bond donors (Lipinski definition) is 2. The third-order valence-electron chi connectivity index (χ3n) is 2.02. The van der Waals surface area contributed by atoms with Gasteiger partial charge in [-0.3, -0.25) is 4.79 Å². The lowest BCUT2D eigenvalue weighted by atomic mass is 9.97. The highest BCUT2D eigenvalue weighted by molar-refractivity contribution is 7.79. The van der Waals surface area contributed by atoms with Crippen LogP contribution in [0.25, 0.3) is 0 Å². The number of alkyl halides is 1. The molecular weight excluding hydrogens is 293 g/mol. The monoisotopic (exact) mass is 313 g/mol. The molecular formula is C11H20FNO6S. The van der Waals surface area contributed by atoms with Gasteiger partial charge in [0.05, 0.1) is 5.41 Å². The maximum absolute atomic E-state index is 12.7. The summed E-state index contributed by atoms with van der Waals surface area (Å²) < 4.78 is 41.0. The minimum Gasteiger partial charge on any atom is -0.425 e. The van der Waals surface area contributed by atoms with Crippen LogP contribution in [0.1, 0.15) is 34.1 Å². The van der Waals surface area contributed by atoms with Crippen molar-refractivity contribution in [1.29, 1.82) is 0 Å². The number of carbonyl (C=O) groups excluding carboxylic acids is 2. The standard InChI is InChI=1S/C11H20FNO6S/c1-7(18-9(14)11(2,3)4)19-10(15)13-6-5-8(12)20(16)17/h7-8H,5-6H2,1-4H3,(H,13,15)(H,16,17). The van der Waals surface area contributed by atoms with E-state index in [4.69, 9.17) is 14.0 Å². The first-order valence-corrected chi connectivity index (χ1v) is 7.10. The second-order valence-electron chi connectivity index (χ2n) is 5.03. The number of alkyl carbamates (subject to hydrolysis) is 1. The fraction of sp³-hybridized carbons (Fsp3) is 0.818. The van der Waals surface area contributed by atoms with Crippen LogP contribution in [0, 0.1) is 5.41 Å². The van der Waals surface area contributed by atoms with Gasteiger partial charge in [0, 0.05) is 19.9 Å². The quantitative estimate of drug-likeness (QED) is 0.438. The summed E-state index contributed by atoms with van der Waals surface area (Å²) in [4.78, 5) is 22.7. The number of ether oxygens (including phenoxy) is 2. The van der Waals surface area contributed by atoms with Crippen LogP contribution in [0.4, 0.5) is 9.18 Å². The van der Waals surface area contributed by atoms with Crippen molar-refractivity contribution in [2.24, 2.45) is 5.41 Å². The van der Waals surface area contributed by atoms with Crippen LogP contribution in [0.5, 0.6) is 0 Å². The van der Waals surface area contributed by atoms with E-state index in [-0.39, 0.29) is 13.0 Å². The van der Waals surface area contributed by atoms with Gasteiger partial charge in [0.2, 0.25) is 11.8 Å². The highest BCUT2D eigenvalue weighted by Crippen LogP contribution is 2.16. The largest absolute Gasteiger partial charge is 0.425 e. The first-order valence-electron chi connectivity index (χ1n) is 5.93. The van der Waals surface area contributed by atoms with E-state index in [1.807, 2.05) is 0 Å². The summed E-state index contributed by atoms with van der Waals surface area (Å²) in [6.45, 7) is 6.14. The molecule has 3 atom stereocenters. The van der Waals surface area contributed by atoms with Gasteiger partial charge in [-0.1, -0.05) is 0 Å². The molecule has 7 nitrogen and oxygen atoms in total. The van der Waals surface area contributed by atoms with Crippen LogP contribution < -0.4 is 5.32 Å². The molecule has 0 aliphatic heterocycles. The number of amides is 1. The second-order valence-corrected chi connectivity index (χ2v) is 6.09. The van der Waals surface area contributed by atoms with Gasteiger partial charge in [-0.25, -0.2) is 13.4 Å². The van der Waals surface area contributed by atoms with Crippen molar-refractivity contribution < 1.29 is 32.2 Å². The first kappa shape index (κ1) is 18.8. The van der Waals surface area contributed by atoms with Crippen molar-refractivity contribution in [2.75, 3.05) is 6.54 Å². The van der Waals surface area contributed by atoms with E-state index in [0.717, 1.165) is 0 Å². The zero-order chi connectivity index (χ0) is 15.9. The lowest BCUT2D eigenvalue weighted by Gasteiger charge is -2.20. The summed E-state index contributed by atoms with van der Waals surface area (Å²) in [7, 11) is 0. The predicted molar refractivity (Wildman–Crippen MR) is 69.8 cm³/mol. The van der Waals surface area contributed by atoms with E-state index in [1.165, 1.54) is 6.92 Å². The van der Waals surface area contributed by atoms with Gasteiger partial charge < -0.3 is 19.3 Å². The summed E-state index contributed by atoms with van der Waals surface area (Å²) in [6.07, 6.45) is -2.32. The van der Waals surface area contributed by atoms with Crippen LogP contribution in [-0.2, 0) is 25.3 Å². The number of hydrogen-bond acceptors (Lipinski definition) is 5. The van der Waals surface area contributed by atoms with Crippen molar-refractivity contribution >= 4 is 23.1 Å². The highest BCUT2D eigenvalue weighted by atomic mass is 32.2. The normalized spacial score (nSPS) is 15.9. The van der Waals surface area contributed by atoms with Crippen molar-refractivity contribution in [3.8, 4) is 0 Å². The molecule has 0 saturated carbocycles. The zero-order valence-electron chi connectivity index (χ0n) is 11.8.